The lowest BCUT2D eigenvalue weighted by Crippen LogP contribution is -2.23. The first-order valence-corrected chi connectivity index (χ1v) is 3.98. The van der Waals surface area contributed by atoms with E-state index in [4.69, 9.17) is 10.8 Å². The van der Waals surface area contributed by atoms with Gasteiger partial charge < -0.3 is 21.1 Å². The Balaban J connectivity index is 0.00000169. The molecule has 0 saturated heterocycles. The topological polar surface area (TPSA) is 86.7 Å². The van der Waals surface area contributed by atoms with Gasteiger partial charge in [-0.25, -0.2) is 0 Å². The van der Waals surface area contributed by atoms with Crippen molar-refractivity contribution in [2.75, 3.05) is 0 Å². The lowest BCUT2D eigenvalue weighted by atomic mass is 10.0. The summed E-state index contributed by atoms with van der Waals surface area (Å²) in [6, 6.07) is 3.79. The van der Waals surface area contributed by atoms with Crippen molar-refractivity contribution >= 4 is 12.4 Å². The van der Waals surface area contributed by atoms with Gasteiger partial charge in [-0.15, -0.1) is 12.4 Å². The van der Waals surface area contributed by atoms with E-state index in [2.05, 4.69) is 0 Å². The number of hydrogen-bond donors (Lipinski definition) is 4. The summed E-state index contributed by atoms with van der Waals surface area (Å²) in [5.74, 6) is -0.496. The Hall–Kier alpha value is -0.970. The lowest BCUT2D eigenvalue weighted by Gasteiger charge is -2.16. The van der Waals surface area contributed by atoms with Gasteiger partial charge in [0.1, 0.15) is 0 Å². The van der Waals surface area contributed by atoms with Crippen LogP contribution in [0.4, 0.5) is 0 Å². The number of hydrogen-bond acceptors (Lipinski definition) is 4. The molecule has 1 aromatic carbocycles. The fraction of sp³-hybridized carbons (Fsp3) is 0.333. The first kappa shape index (κ1) is 13.0. The summed E-state index contributed by atoms with van der Waals surface area (Å²) in [6.07, 6.45) is -0.771. The second-order valence-corrected chi connectivity index (χ2v) is 2.98. The largest absolute Gasteiger partial charge is 0.504 e. The molecule has 14 heavy (non-hydrogen) atoms. The standard InChI is InChI=1S/C9H13NO3.ClH/c1-5(11)8(10)6-3-2-4-7(12)9(6)13;/h2-5,8,11-13H,10H2,1H3;1H/t5-,8-;/m1./s1. The highest BCUT2D eigenvalue weighted by Gasteiger charge is 2.17. The molecule has 0 bridgehead atoms. The SMILES string of the molecule is C[C@@H](O)[C@@H](N)c1cccc(O)c1O.Cl. The Kier molecular flexibility index (Phi) is 4.70. The molecular formula is C9H14ClNO3. The maximum absolute atomic E-state index is 9.38. The molecule has 2 atom stereocenters. The number of phenols is 2. The third-order valence-corrected chi connectivity index (χ3v) is 1.92. The molecule has 0 heterocycles. The van der Waals surface area contributed by atoms with Crippen LogP contribution >= 0.6 is 12.4 Å². The van der Waals surface area contributed by atoms with Crippen molar-refractivity contribution in [3.05, 3.63) is 23.8 Å². The quantitative estimate of drug-likeness (QED) is 0.557. The van der Waals surface area contributed by atoms with Crippen LogP contribution in [-0.2, 0) is 0 Å². The Labute approximate surface area is 88.4 Å². The van der Waals surface area contributed by atoms with E-state index >= 15 is 0 Å². The molecule has 5 N–H and O–H groups in total. The number of aliphatic hydroxyl groups is 1. The van der Waals surface area contributed by atoms with E-state index in [0.717, 1.165) is 0 Å². The van der Waals surface area contributed by atoms with Crippen molar-refractivity contribution in [2.24, 2.45) is 5.73 Å². The van der Waals surface area contributed by atoms with Gasteiger partial charge in [-0.3, -0.25) is 0 Å². The van der Waals surface area contributed by atoms with E-state index in [0.29, 0.717) is 5.56 Å². The van der Waals surface area contributed by atoms with Gasteiger partial charge in [0, 0.05) is 5.56 Å². The number of benzene rings is 1. The van der Waals surface area contributed by atoms with E-state index in [1.165, 1.54) is 13.0 Å². The second kappa shape index (κ2) is 5.05. The molecule has 4 nitrogen and oxygen atoms in total. The van der Waals surface area contributed by atoms with Gasteiger partial charge >= 0.3 is 0 Å². The first-order valence-electron chi connectivity index (χ1n) is 3.98. The van der Waals surface area contributed by atoms with E-state index in [-0.39, 0.29) is 23.9 Å². The van der Waals surface area contributed by atoms with Crippen LogP contribution in [0.3, 0.4) is 0 Å². The highest BCUT2D eigenvalue weighted by Crippen LogP contribution is 2.32. The fourth-order valence-electron chi connectivity index (χ4n) is 1.08. The monoisotopic (exact) mass is 219 g/mol. The molecular weight excluding hydrogens is 206 g/mol. The number of nitrogens with two attached hydrogens (primary N) is 1. The molecule has 0 amide bonds. The number of phenolic OH excluding ortho intramolecular Hbond substituents is 2. The first-order chi connectivity index (χ1) is 6.04. The van der Waals surface area contributed by atoms with Gasteiger partial charge in [0.2, 0.25) is 0 Å². The molecule has 1 aromatic rings. The van der Waals surface area contributed by atoms with Gasteiger partial charge in [0.25, 0.3) is 0 Å². The summed E-state index contributed by atoms with van der Waals surface area (Å²) in [7, 11) is 0. The normalized spacial score (nSPS) is 14.2. The molecule has 80 valence electrons. The maximum atomic E-state index is 9.38. The lowest BCUT2D eigenvalue weighted by molar-refractivity contribution is 0.162. The Bertz CT molecular complexity index is 304. The van der Waals surface area contributed by atoms with Crippen LogP contribution in [-0.4, -0.2) is 21.4 Å². The van der Waals surface area contributed by atoms with Gasteiger partial charge in [-0.2, -0.15) is 0 Å². The third-order valence-electron chi connectivity index (χ3n) is 1.92. The molecule has 0 spiro atoms. The number of rotatable bonds is 2. The molecule has 0 fully saturated rings. The summed E-state index contributed by atoms with van der Waals surface area (Å²) in [4.78, 5) is 0. The van der Waals surface area contributed by atoms with Crippen LogP contribution in [0.25, 0.3) is 0 Å². The molecule has 0 aliphatic heterocycles. The summed E-state index contributed by atoms with van der Waals surface area (Å²) >= 11 is 0. The second-order valence-electron chi connectivity index (χ2n) is 2.98. The van der Waals surface area contributed by atoms with Crippen LogP contribution in [0.1, 0.15) is 18.5 Å². The Morgan fingerprint density at radius 2 is 1.86 bits per heavy atom. The number of para-hydroxylation sites is 1. The van der Waals surface area contributed by atoms with E-state index < -0.39 is 12.1 Å². The highest BCUT2D eigenvalue weighted by molar-refractivity contribution is 5.85. The third kappa shape index (κ3) is 2.51. The summed E-state index contributed by atoms with van der Waals surface area (Å²) < 4.78 is 0. The zero-order valence-corrected chi connectivity index (χ0v) is 8.53. The Morgan fingerprint density at radius 3 is 2.36 bits per heavy atom. The van der Waals surface area contributed by atoms with Crippen molar-refractivity contribution in [1.29, 1.82) is 0 Å². The molecule has 0 aromatic heterocycles. The van der Waals surface area contributed by atoms with E-state index in [9.17, 15) is 10.2 Å². The van der Waals surface area contributed by atoms with Crippen LogP contribution in [0.2, 0.25) is 0 Å². The molecule has 0 unspecified atom stereocenters. The van der Waals surface area contributed by atoms with Crippen LogP contribution < -0.4 is 5.73 Å². The predicted molar refractivity (Wildman–Crippen MR) is 55.6 cm³/mol. The zero-order chi connectivity index (χ0) is 10.0. The summed E-state index contributed by atoms with van der Waals surface area (Å²) in [5, 5.41) is 27.7. The zero-order valence-electron chi connectivity index (χ0n) is 7.71. The highest BCUT2D eigenvalue weighted by atomic mass is 35.5. The maximum Gasteiger partial charge on any atom is 0.162 e. The van der Waals surface area contributed by atoms with Crippen molar-refractivity contribution in [3.63, 3.8) is 0 Å². The van der Waals surface area contributed by atoms with Gasteiger partial charge in [0.05, 0.1) is 12.1 Å². The average molecular weight is 220 g/mol. The minimum Gasteiger partial charge on any atom is -0.504 e. The molecule has 1 rings (SSSR count). The van der Waals surface area contributed by atoms with Crippen LogP contribution in [0.15, 0.2) is 18.2 Å². The van der Waals surface area contributed by atoms with Gasteiger partial charge in [-0.05, 0) is 13.0 Å². The fourth-order valence-corrected chi connectivity index (χ4v) is 1.08. The van der Waals surface area contributed by atoms with Crippen LogP contribution in [0.5, 0.6) is 11.5 Å². The molecule has 0 aliphatic carbocycles. The van der Waals surface area contributed by atoms with Crippen molar-refractivity contribution in [3.8, 4) is 11.5 Å². The summed E-state index contributed by atoms with van der Waals surface area (Å²) in [5.41, 5.74) is 5.93. The van der Waals surface area contributed by atoms with Gasteiger partial charge in [0.15, 0.2) is 11.5 Å². The van der Waals surface area contributed by atoms with E-state index in [1.54, 1.807) is 12.1 Å². The Morgan fingerprint density at radius 1 is 1.29 bits per heavy atom. The van der Waals surface area contributed by atoms with Crippen molar-refractivity contribution < 1.29 is 15.3 Å². The molecule has 0 radical (unpaired) electrons. The molecule has 0 aliphatic rings. The van der Waals surface area contributed by atoms with Crippen molar-refractivity contribution in [2.45, 2.75) is 19.1 Å². The van der Waals surface area contributed by atoms with Crippen molar-refractivity contribution in [1.82, 2.24) is 0 Å². The summed E-state index contributed by atoms with van der Waals surface area (Å²) in [6.45, 7) is 1.52. The number of aromatic hydroxyl groups is 2. The van der Waals surface area contributed by atoms with E-state index in [1.807, 2.05) is 0 Å². The molecule has 5 heteroatoms. The minimum atomic E-state index is -0.771. The smallest absolute Gasteiger partial charge is 0.162 e. The molecule has 0 saturated carbocycles. The van der Waals surface area contributed by atoms with Gasteiger partial charge in [-0.1, -0.05) is 12.1 Å². The number of aliphatic hydroxyl groups excluding tert-OH is 1. The minimum absolute atomic E-state index is 0. The average Bonchev–Trinajstić information content (AvgIpc) is 2.08. The number of halogens is 1. The van der Waals surface area contributed by atoms with Crippen LogP contribution in [0, 0.1) is 0 Å². The predicted octanol–water partition coefficient (Wildman–Crippen LogP) is 0.900.